The maximum atomic E-state index is 12.5. The summed E-state index contributed by atoms with van der Waals surface area (Å²) < 4.78 is 0. The largest absolute Gasteiger partial charge is 0.320 e. The van der Waals surface area contributed by atoms with Gasteiger partial charge < -0.3 is 9.80 Å². The van der Waals surface area contributed by atoms with Crippen molar-refractivity contribution in [2.45, 2.75) is 45.4 Å². The Morgan fingerprint density at radius 3 is 2.48 bits per heavy atom. The van der Waals surface area contributed by atoms with Crippen LogP contribution in [0.2, 0.25) is 0 Å². The molecule has 2 rings (SSSR count). The molecule has 1 aromatic carbocycles. The topological polar surface area (TPSA) is 35.6 Å². The Hall–Kier alpha value is -1.39. The zero-order chi connectivity index (χ0) is 15.8. The van der Waals surface area contributed by atoms with Crippen molar-refractivity contribution in [1.82, 2.24) is 15.1 Å². The molecule has 4 heteroatoms. The number of carbonyl (C=O) groups excluding carboxylic acids is 1. The third-order valence-electron chi connectivity index (χ3n) is 4.62. The number of hydrogen-bond donors (Lipinski definition) is 1. The average molecular weight is 289 g/mol. The van der Waals surface area contributed by atoms with Gasteiger partial charge >= 0.3 is 0 Å². The first-order valence-corrected chi connectivity index (χ1v) is 7.53. The van der Waals surface area contributed by atoms with Gasteiger partial charge in [-0.25, -0.2) is 0 Å². The molecular weight excluding hydrogens is 262 g/mol. The summed E-state index contributed by atoms with van der Waals surface area (Å²) in [6, 6.07) is 8.14. The van der Waals surface area contributed by atoms with Crippen molar-refractivity contribution in [3.05, 3.63) is 35.4 Å². The molecule has 0 aliphatic carbocycles. The summed E-state index contributed by atoms with van der Waals surface area (Å²) in [5.41, 5.74) is 2.33. The number of nitrogens with one attached hydrogen (secondary N) is 1. The van der Waals surface area contributed by atoms with Crippen molar-refractivity contribution in [1.29, 1.82) is 0 Å². The molecule has 1 N–H and O–H groups in total. The molecule has 1 aliphatic rings. The van der Waals surface area contributed by atoms with Crippen molar-refractivity contribution < 1.29 is 4.79 Å². The number of amides is 1. The molecule has 1 heterocycles. The van der Waals surface area contributed by atoms with Gasteiger partial charge in [-0.1, -0.05) is 24.3 Å². The summed E-state index contributed by atoms with van der Waals surface area (Å²) in [6.45, 7) is 9.07. The lowest BCUT2D eigenvalue weighted by atomic mass is 10.0. The van der Waals surface area contributed by atoms with Crippen LogP contribution in [0.4, 0.5) is 0 Å². The van der Waals surface area contributed by atoms with Crippen LogP contribution < -0.4 is 5.32 Å². The second-order valence-corrected chi connectivity index (χ2v) is 6.82. The van der Waals surface area contributed by atoms with E-state index >= 15 is 0 Å². The molecule has 0 bridgehead atoms. The Morgan fingerprint density at radius 2 is 1.90 bits per heavy atom. The molecule has 2 unspecified atom stereocenters. The first-order chi connectivity index (χ1) is 9.74. The van der Waals surface area contributed by atoms with E-state index in [0.717, 1.165) is 0 Å². The number of hydrogen-bond acceptors (Lipinski definition) is 3. The molecule has 0 spiro atoms. The predicted octanol–water partition coefficient (Wildman–Crippen LogP) is 2.15. The molecule has 1 saturated heterocycles. The zero-order valence-electron chi connectivity index (χ0n) is 14.0. The summed E-state index contributed by atoms with van der Waals surface area (Å²) in [5.74, 6) is 0.179. The van der Waals surface area contributed by atoms with Crippen LogP contribution >= 0.6 is 0 Å². The van der Waals surface area contributed by atoms with Crippen molar-refractivity contribution >= 4 is 5.91 Å². The fourth-order valence-corrected chi connectivity index (χ4v) is 2.65. The molecule has 21 heavy (non-hydrogen) atoms. The van der Waals surface area contributed by atoms with E-state index in [2.05, 4.69) is 57.2 Å². The van der Waals surface area contributed by atoms with E-state index in [4.69, 9.17) is 0 Å². The molecule has 0 aromatic heterocycles. The van der Waals surface area contributed by atoms with Crippen LogP contribution in [-0.4, -0.2) is 47.9 Å². The van der Waals surface area contributed by atoms with Gasteiger partial charge in [-0.15, -0.1) is 0 Å². The fraction of sp³-hybridized carbons (Fsp3) is 0.588. The summed E-state index contributed by atoms with van der Waals surface area (Å²) in [7, 11) is 4.11. The Morgan fingerprint density at radius 1 is 1.29 bits per heavy atom. The summed E-state index contributed by atoms with van der Waals surface area (Å²) >= 11 is 0. The van der Waals surface area contributed by atoms with Crippen LogP contribution in [0.3, 0.4) is 0 Å². The van der Waals surface area contributed by atoms with Crippen LogP contribution in [0.1, 0.15) is 38.1 Å². The molecule has 1 aliphatic heterocycles. The van der Waals surface area contributed by atoms with E-state index in [1.165, 1.54) is 11.1 Å². The average Bonchev–Trinajstić information content (AvgIpc) is 2.67. The Bertz CT molecular complexity index is 525. The monoisotopic (exact) mass is 289 g/mol. The van der Waals surface area contributed by atoms with Gasteiger partial charge in [0.15, 0.2) is 0 Å². The van der Waals surface area contributed by atoms with Crippen LogP contribution in [-0.2, 0) is 4.79 Å². The van der Waals surface area contributed by atoms with Crippen LogP contribution in [0.15, 0.2) is 24.3 Å². The normalized spacial score (nSPS) is 23.2. The number of likely N-dealkylation sites (N-methyl/N-ethyl adjacent to an activating group) is 1. The lowest BCUT2D eigenvalue weighted by Gasteiger charge is -2.38. The number of carbonyl (C=O) groups is 1. The molecule has 0 saturated carbocycles. The zero-order valence-corrected chi connectivity index (χ0v) is 14.0. The van der Waals surface area contributed by atoms with Gasteiger partial charge in [0.2, 0.25) is 5.91 Å². The highest BCUT2D eigenvalue weighted by Crippen LogP contribution is 2.29. The minimum atomic E-state index is -0.132. The van der Waals surface area contributed by atoms with Gasteiger partial charge in [-0.05, 0) is 52.9 Å². The smallest absolute Gasteiger partial charge is 0.241 e. The fourth-order valence-electron chi connectivity index (χ4n) is 2.65. The highest BCUT2D eigenvalue weighted by Gasteiger charge is 2.40. The highest BCUT2D eigenvalue weighted by atomic mass is 16.2. The molecule has 4 nitrogen and oxygen atoms in total. The minimum Gasteiger partial charge on any atom is -0.320 e. The van der Waals surface area contributed by atoms with E-state index in [1.807, 2.05) is 24.0 Å². The standard InChI is InChI=1S/C17H27N3O/c1-12-9-7-8-10-14(12)15-18-13(2)16(21)20(15)11-17(3,4)19(5)6/h7-10,13,15,18H,11H2,1-6H3. The Labute approximate surface area is 128 Å². The first-order valence-electron chi connectivity index (χ1n) is 7.53. The van der Waals surface area contributed by atoms with Gasteiger partial charge in [0, 0.05) is 12.1 Å². The lowest BCUT2D eigenvalue weighted by molar-refractivity contribution is -0.131. The number of benzene rings is 1. The van der Waals surface area contributed by atoms with Crippen molar-refractivity contribution in [2.24, 2.45) is 0 Å². The van der Waals surface area contributed by atoms with Crippen molar-refractivity contribution in [3.8, 4) is 0 Å². The van der Waals surface area contributed by atoms with E-state index < -0.39 is 0 Å². The third-order valence-corrected chi connectivity index (χ3v) is 4.62. The quantitative estimate of drug-likeness (QED) is 0.922. The summed E-state index contributed by atoms with van der Waals surface area (Å²) in [5, 5.41) is 3.43. The maximum Gasteiger partial charge on any atom is 0.241 e. The van der Waals surface area contributed by atoms with E-state index in [-0.39, 0.29) is 23.7 Å². The van der Waals surface area contributed by atoms with Crippen LogP contribution in [0.5, 0.6) is 0 Å². The Balaban J connectivity index is 2.32. The van der Waals surface area contributed by atoms with Crippen LogP contribution in [0, 0.1) is 6.92 Å². The summed E-state index contributed by atoms with van der Waals surface area (Å²) in [6.07, 6.45) is -0.0343. The SMILES string of the molecule is Cc1ccccc1C1NC(C)C(=O)N1CC(C)(C)N(C)C. The molecule has 2 atom stereocenters. The van der Waals surface area contributed by atoms with Gasteiger partial charge in [-0.2, -0.15) is 0 Å². The maximum absolute atomic E-state index is 12.5. The minimum absolute atomic E-state index is 0.0343. The number of aryl methyl sites for hydroxylation is 1. The Kier molecular flexibility index (Phi) is 4.40. The second-order valence-electron chi connectivity index (χ2n) is 6.82. The molecule has 1 amide bonds. The first kappa shape index (κ1) is 16.0. The van der Waals surface area contributed by atoms with Crippen LogP contribution in [0.25, 0.3) is 0 Å². The van der Waals surface area contributed by atoms with Gasteiger partial charge in [0.1, 0.15) is 6.17 Å². The van der Waals surface area contributed by atoms with E-state index in [0.29, 0.717) is 6.54 Å². The van der Waals surface area contributed by atoms with Gasteiger partial charge in [0.25, 0.3) is 0 Å². The van der Waals surface area contributed by atoms with Crippen molar-refractivity contribution in [3.63, 3.8) is 0 Å². The van der Waals surface area contributed by atoms with E-state index in [1.54, 1.807) is 0 Å². The van der Waals surface area contributed by atoms with Crippen molar-refractivity contribution in [2.75, 3.05) is 20.6 Å². The third kappa shape index (κ3) is 3.11. The molecular formula is C17H27N3O. The van der Waals surface area contributed by atoms with Gasteiger partial charge in [0.05, 0.1) is 6.04 Å². The number of nitrogens with zero attached hydrogens (tertiary/aromatic N) is 2. The highest BCUT2D eigenvalue weighted by molar-refractivity contribution is 5.84. The van der Waals surface area contributed by atoms with Gasteiger partial charge in [-0.3, -0.25) is 10.1 Å². The summed E-state index contributed by atoms with van der Waals surface area (Å²) in [4.78, 5) is 16.7. The second kappa shape index (κ2) is 5.78. The van der Waals surface area contributed by atoms with E-state index in [9.17, 15) is 4.79 Å². The molecule has 1 aromatic rings. The predicted molar refractivity (Wildman–Crippen MR) is 86.0 cm³/mol. The molecule has 116 valence electrons. The number of rotatable bonds is 4. The molecule has 1 fully saturated rings. The lowest BCUT2D eigenvalue weighted by Crippen LogP contribution is -2.50. The molecule has 0 radical (unpaired) electrons.